The number of rotatable bonds is 8. The van der Waals surface area contributed by atoms with Gasteiger partial charge in [-0.1, -0.05) is 18.2 Å². The summed E-state index contributed by atoms with van der Waals surface area (Å²) in [4.78, 5) is 8.80. The molecule has 2 heterocycles. The fourth-order valence-electron chi connectivity index (χ4n) is 4.08. The van der Waals surface area contributed by atoms with Crippen molar-refractivity contribution in [2.24, 2.45) is 0 Å². The molecule has 0 bridgehead atoms. The zero-order chi connectivity index (χ0) is 23.3. The highest BCUT2D eigenvalue weighted by Crippen LogP contribution is 2.30. The summed E-state index contributed by atoms with van der Waals surface area (Å²) in [6.07, 6.45) is 3.46. The van der Waals surface area contributed by atoms with E-state index in [-0.39, 0.29) is 17.5 Å². The minimum absolute atomic E-state index is 0.0369. The predicted octanol–water partition coefficient (Wildman–Crippen LogP) is 3.07. The summed E-state index contributed by atoms with van der Waals surface area (Å²) in [6, 6.07) is 16.4. The Bertz CT molecular complexity index is 1150. The van der Waals surface area contributed by atoms with E-state index in [1.807, 2.05) is 36.4 Å². The number of aromatic nitrogens is 1. The van der Waals surface area contributed by atoms with Crippen LogP contribution in [0.1, 0.15) is 11.6 Å². The van der Waals surface area contributed by atoms with E-state index >= 15 is 0 Å². The molecule has 2 aromatic carbocycles. The van der Waals surface area contributed by atoms with Gasteiger partial charge in [0.25, 0.3) is 0 Å². The smallest absolute Gasteiger partial charge is 0.240 e. The summed E-state index contributed by atoms with van der Waals surface area (Å²) in [5, 5.41) is 0. The molecule has 174 valence electrons. The number of sulfonamides is 1. The van der Waals surface area contributed by atoms with Crippen molar-refractivity contribution in [1.82, 2.24) is 14.6 Å². The summed E-state index contributed by atoms with van der Waals surface area (Å²) >= 11 is 0. The van der Waals surface area contributed by atoms with Crippen LogP contribution in [-0.4, -0.2) is 58.1 Å². The summed E-state index contributed by atoms with van der Waals surface area (Å²) in [7, 11) is -2.10. The molecule has 0 amide bonds. The van der Waals surface area contributed by atoms with Crippen LogP contribution in [0.4, 0.5) is 10.1 Å². The first-order chi connectivity index (χ1) is 16.0. The van der Waals surface area contributed by atoms with Crippen molar-refractivity contribution in [2.75, 3.05) is 44.7 Å². The highest BCUT2D eigenvalue weighted by molar-refractivity contribution is 7.89. The van der Waals surface area contributed by atoms with Crippen LogP contribution in [0, 0.1) is 5.82 Å². The van der Waals surface area contributed by atoms with E-state index in [0.717, 1.165) is 55.3 Å². The monoisotopic (exact) mass is 470 g/mol. The first-order valence-electron chi connectivity index (χ1n) is 10.7. The third-order valence-electron chi connectivity index (χ3n) is 5.84. The fourth-order valence-corrected chi connectivity index (χ4v) is 5.12. The maximum atomic E-state index is 13.2. The molecule has 1 aliphatic rings. The number of nitrogens with zero attached hydrogens (tertiary/aromatic N) is 3. The van der Waals surface area contributed by atoms with Gasteiger partial charge in [-0.2, -0.15) is 0 Å². The molecule has 0 radical (unpaired) electrons. The van der Waals surface area contributed by atoms with E-state index in [2.05, 4.69) is 19.5 Å². The molecular formula is C24H27FN4O3S. The number of anilines is 1. The molecule has 0 saturated carbocycles. The number of piperazine rings is 1. The molecule has 33 heavy (non-hydrogen) atoms. The quantitative estimate of drug-likeness (QED) is 0.546. The Labute approximate surface area is 193 Å². The maximum Gasteiger partial charge on any atom is 0.240 e. The standard InChI is InChI=1S/C24H27FN4O3S/c1-32-24-7-3-2-6-22(24)28-13-15-29(16-14-28)23(19-5-4-12-26-17-19)18-27-33(30,31)21-10-8-20(25)9-11-21/h2-12,17,23,27H,13-16,18H2,1H3. The van der Waals surface area contributed by atoms with Crippen molar-refractivity contribution in [3.05, 3.63) is 84.4 Å². The first-order valence-corrected chi connectivity index (χ1v) is 12.2. The number of hydrogen-bond donors (Lipinski definition) is 1. The van der Waals surface area contributed by atoms with E-state index in [1.54, 1.807) is 19.5 Å². The van der Waals surface area contributed by atoms with Gasteiger partial charge in [0.15, 0.2) is 0 Å². The Morgan fingerprint density at radius 1 is 1.03 bits per heavy atom. The highest BCUT2D eigenvalue weighted by Gasteiger charge is 2.28. The largest absolute Gasteiger partial charge is 0.495 e. The van der Waals surface area contributed by atoms with Gasteiger partial charge in [0.1, 0.15) is 11.6 Å². The zero-order valence-corrected chi connectivity index (χ0v) is 19.2. The summed E-state index contributed by atoms with van der Waals surface area (Å²) in [6.45, 7) is 3.23. The molecular weight excluding hydrogens is 443 g/mol. The Balaban J connectivity index is 1.48. The predicted molar refractivity (Wildman–Crippen MR) is 125 cm³/mol. The van der Waals surface area contributed by atoms with Gasteiger partial charge in [-0.05, 0) is 48.0 Å². The highest BCUT2D eigenvalue weighted by atomic mass is 32.2. The normalized spacial score (nSPS) is 15.9. The number of hydrogen-bond acceptors (Lipinski definition) is 6. The van der Waals surface area contributed by atoms with Crippen LogP contribution in [0.15, 0.2) is 78.0 Å². The Hall–Kier alpha value is -3.01. The van der Waals surface area contributed by atoms with Gasteiger partial charge in [0, 0.05) is 45.1 Å². The third-order valence-corrected chi connectivity index (χ3v) is 7.28. The number of halogens is 1. The molecule has 1 fully saturated rings. The number of nitrogens with one attached hydrogen (secondary N) is 1. The number of pyridine rings is 1. The molecule has 0 spiro atoms. The average molecular weight is 471 g/mol. The molecule has 3 aromatic rings. The van der Waals surface area contributed by atoms with Crippen LogP contribution in [0.5, 0.6) is 5.75 Å². The first kappa shape index (κ1) is 23.2. The number of benzene rings is 2. The molecule has 1 unspecified atom stereocenters. The zero-order valence-electron chi connectivity index (χ0n) is 18.4. The second-order valence-electron chi connectivity index (χ2n) is 7.80. The molecule has 1 saturated heterocycles. The summed E-state index contributed by atoms with van der Waals surface area (Å²) < 4.78 is 47.0. The van der Waals surface area contributed by atoms with Crippen molar-refractivity contribution < 1.29 is 17.5 Å². The molecule has 1 aromatic heterocycles. The van der Waals surface area contributed by atoms with Crippen LogP contribution < -0.4 is 14.4 Å². The lowest BCUT2D eigenvalue weighted by Crippen LogP contribution is -2.50. The molecule has 1 N–H and O–H groups in total. The fraction of sp³-hybridized carbons (Fsp3) is 0.292. The van der Waals surface area contributed by atoms with Gasteiger partial charge in [0.2, 0.25) is 10.0 Å². The van der Waals surface area contributed by atoms with Crippen LogP contribution in [-0.2, 0) is 10.0 Å². The van der Waals surface area contributed by atoms with Crippen molar-refractivity contribution in [3.63, 3.8) is 0 Å². The number of ether oxygens (including phenoxy) is 1. The van der Waals surface area contributed by atoms with Gasteiger partial charge in [-0.25, -0.2) is 17.5 Å². The topological polar surface area (TPSA) is 74.8 Å². The van der Waals surface area contributed by atoms with Crippen LogP contribution in [0.3, 0.4) is 0 Å². The number of methoxy groups -OCH3 is 1. The van der Waals surface area contributed by atoms with Gasteiger partial charge in [0.05, 0.1) is 23.7 Å². The van der Waals surface area contributed by atoms with Gasteiger partial charge >= 0.3 is 0 Å². The SMILES string of the molecule is COc1ccccc1N1CCN(C(CNS(=O)(=O)c2ccc(F)cc2)c2cccnc2)CC1. The summed E-state index contributed by atoms with van der Waals surface area (Å²) in [5.41, 5.74) is 1.99. The Kier molecular flexibility index (Phi) is 7.22. The average Bonchev–Trinajstić information content (AvgIpc) is 2.85. The van der Waals surface area contributed by atoms with Crippen LogP contribution >= 0.6 is 0 Å². The van der Waals surface area contributed by atoms with Crippen molar-refractivity contribution in [3.8, 4) is 5.75 Å². The van der Waals surface area contributed by atoms with E-state index in [9.17, 15) is 12.8 Å². The lowest BCUT2D eigenvalue weighted by atomic mass is 10.1. The molecule has 4 rings (SSSR count). The minimum atomic E-state index is -3.77. The second-order valence-corrected chi connectivity index (χ2v) is 9.57. The molecule has 9 heteroatoms. The third kappa shape index (κ3) is 5.50. The maximum absolute atomic E-state index is 13.2. The van der Waals surface area contributed by atoms with Crippen LogP contribution in [0.25, 0.3) is 0 Å². The molecule has 0 aliphatic carbocycles. The molecule has 7 nitrogen and oxygen atoms in total. The van der Waals surface area contributed by atoms with E-state index in [1.165, 1.54) is 12.1 Å². The van der Waals surface area contributed by atoms with Gasteiger partial charge < -0.3 is 9.64 Å². The minimum Gasteiger partial charge on any atom is -0.495 e. The van der Waals surface area contributed by atoms with Gasteiger partial charge in [-0.15, -0.1) is 0 Å². The molecule has 1 aliphatic heterocycles. The lowest BCUT2D eigenvalue weighted by molar-refractivity contribution is 0.186. The van der Waals surface area contributed by atoms with Crippen LogP contribution in [0.2, 0.25) is 0 Å². The van der Waals surface area contributed by atoms with Crippen molar-refractivity contribution in [1.29, 1.82) is 0 Å². The van der Waals surface area contributed by atoms with E-state index in [4.69, 9.17) is 4.74 Å². The molecule has 1 atom stereocenters. The Morgan fingerprint density at radius 2 is 1.76 bits per heavy atom. The lowest BCUT2D eigenvalue weighted by Gasteiger charge is -2.40. The van der Waals surface area contributed by atoms with Crippen molar-refractivity contribution >= 4 is 15.7 Å². The van der Waals surface area contributed by atoms with Crippen molar-refractivity contribution in [2.45, 2.75) is 10.9 Å². The number of para-hydroxylation sites is 2. The summed E-state index contributed by atoms with van der Waals surface area (Å²) in [5.74, 6) is 0.358. The van der Waals surface area contributed by atoms with Gasteiger partial charge in [-0.3, -0.25) is 9.88 Å². The van der Waals surface area contributed by atoms with E-state index in [0.29, 0.717) is 0 Å². The Morgan fingerprint density at radius 3 is 2.42 bits per heavy atom. The second kappa shape index (κ2) is 10.3. The van der Waals surface area contributed by atoms with E-state index < -0.39 is 15.8 Å².